The van der Waals surface area contributed by atoms with Gasteiger partial charge in [-0.25, -0.2) is 4.21 Å². The Kier molecular flexibility index (Phi) is 6.11. The molecule has 0 unspecified atom stereocenters. The van der Waals surface area contributed by atoms with E-state index in [9.17, 15) is 4.21 Å². The van der Waals surface area contributed by atoms with E-state index >= 15 is 0 Å². The molecule has 0 aromatic heterocycles. The zero-order valence-corrected chi connectivity index (χ0v) is 29.1. The molecular weight excluding hydrogens is 605 g/mol. The van der Waals surface area contributed by atoms with Crippen LogP contribution in [0, 0.1) is 13.8 Å². The van der Waals surface area contributed by atoms with Crippen LogP contribution < -0.4 is 9.80 Å². The molecule has 4 heteroatoms. The molecule has 0 saturated heterocycles. The summed E-state index contributed by atoms with van der Waals surface area (Å²) < 4.78 is 14.0. The summed E-state index contributed by atoms with van der Waals surface area (Å²) in [5, 5.41) is 0. The number of rotatable bonds is 2. The van der Waals surface area contributed by atoms with Crippen LogP contribution in [0.25, 0.3) is 11.1 Å². The number of hydrogen-bond donors (Lipinski definition) is 0. The molecule has 236 valence electrons. The van der Waals surface area contributed by atoms with Gasteiger partial charge in [0.05, 0.1) is 43.3 Å². The molecular formula is C44H38N2OS. The average Bonchev–Trinajstić information content (AvgIpc) is 3.36. The van der Waals surface area contributed by atoms with Gasteiger partial charge in [-0.15, -0.1) is 0 Å². The van der Waals surface area contributed by atoms with Gasteiger partial charge in [0.15, 0.2) is 0 Å². The molecule has 0 saturated carbocycles. The molecule has 0 fully saturated rings. The van der Waals surface area contributed by atoms with E-state index in [1.165, 1.54) is 56.1 Å². The average molecular weight is 643 g/mol. The Morgan fingerprint density at radius 2 is 0.854 bits per heavy atom. The Bertz CT molecular complexity index is 2200. The Morgan fingerprint density at radius 1 is 0.458 bits per heavy atom. The first-order valence-corrected chi connectivity index (χ1v) is 17.9. The normalized spacial score (nSPS) is 16.4. The van der Waals surface area contributed by atoms with Crippen molar-refractivity contribution < 1.29 is 4.21 Å². The van der Waals surface area contributed by atoms with Gasteiger partial charge in [0.1, 0.15) is 0 Å². The molecule has 0 N–H and O–H groups in total. The van der Waals surface area contributed by atoms with Gasteiger partial charge in [-0.3, -0.25) is 0 Å². The third-order valence-corrected chi connectivity index (χ3v) is 12.4. The zero-order chi connectivity index (χ0) is 33.1. The summed E-state index contributed by atoms with van der Waals surface area (Å²) >= 11 is 0. The Morgan fingerprint density at radius 3 is 1.29 bits per heavy atom. The fourth-order valence-electron chi connectivity index (χ4n) is 8.37. The second-order valence-corrected chi connectivity index (χ2v) is 16.0. The van der Waals surface area contributed by atoms with E-state index < -0.39 is 10.8 Å². The smallest absolute Gasteiger partial charge is 0.0862 e. The first-order valence-electron chi connectivity index (χ1n) is 16.8. The standard InChI is InChI=1S/C44H38N2OS/c1-27-15-19-39-35(23-27)43(3,4)33-11-7-9-13-37(33)45(39)29-17-21-41-31(25-29)32-26-30(18-22-42(32)48(41)47)46-38-14-10-8-12-34(38)44(5,6)36-24-28(2)16-20-40(36)46/h7-26H,1-6H3. The molecule has 0 atom stereocenters. The molecule has 0 aliphatic carbocycles. The number of nitrogens with zero attached hydrogens (tertiary/aromatic N) is 2. The molecule has 9 rings (SSSR count). The summed E-state index contributed by atoms with van der Waals surface area (Å²) in [6.45, 7) is 13.6. The van der Waals surface area contributed by atoms with Gasteiger partial charge in [-0.1, -0.05) is 99.5 Å². The van der Waals surface area contributed by atoms with Crippen molar-refractivity contribution in [3.8, 4) is 11.1 Å². The van der Waals surface area contributed by atoms with E-state index in [0.29, 0.717) is 0 Å². The van der Waals surface area contributed by atoms with Crippen LogP contribution in [0.5, 0.6) is 0 Å². The molecule has 6 aromatic carbocycles. The van der Waals surface area contributed by atoms with Crippen molar-refractivity contribution in [1.29, 1.82) is 0 Å². The Labute approximate surface area is 286 Å². The zero-order valence-electron chi connectivity index (χ0n) is 28.3. The van der Waals surface area contributed by atoms with Crippen molar-refractivity contribution in [3.05, 3.63) is 155 Å². The maximum Gasteiger partial charge on any atom is 0.0862 e. The van der Waals surface area contributed by atoms with Crippen LogP contribution >= 0.6 is 0 Å². The van der Waals surface area contributed by atoms with E-state index in [2.05, 4.69) is 173 Å². The van der Waals surface area contributed by atoms with Crippen molar-refractivity contribution >= 4 is 44.9 Å². The molecule has 0 bridgehead atoms. The third-order valence-electron chi connectivity index (χ3n) is 10.9. The molecule has 48 heavy (non-hydrogen) atoms. The monoisotopic (exact) mass is 642 g/mol. The van der Waals surface area contributed by atoms with Gasteiger partial charge in [-0.05, 0) is 96.8 Å². The van der Waals surface area contributed by atoms with E-state index in [-0.39, 0.29) is 10.8 Å². The maximum atomic E-state index is 14.0. The van der Waals surface area contributed by atoms with Gasteiger partial charge in [0.2, 0.25) is 0 Å². The van der Waals surface area contributed by atoms with E-state index in [1.54, 1.807) is 0 Å². The summed E-state index contributed by atoms with van der Waals surface area (Å²) in [6, 6.07) is 44.1. The Balaban J connectivity index is 1.23. The van der Waals surface area contributed by atoms with Gasteiger partial charge >= 0.3 is 0 Å². The topological polar surface area (TPSA) is 23.6 Å². The fourth-order valence-corrected chi connectivity index (χ4v) is 9.73. The van der Waals surface area contributed by atoms with Crippen LogP contribution in [0.15, 0.2) is 131 Å². The molecule has 0 spiro atoms. The second kappa shape index (κ2) is 10.0. The van der Waals surface area contributed by atoms with Crippen molar-refractivity contribution in [2.75, 3.05) is 9.80 Å². The molecule has 3 aliphatic rings. The predicted octanol–water partition coefficient (Wildman–Crippen LogP) is 11.7. The number of aryl methyl sites for hydroxylation is 2. The highest BCUT2D eigenvalue weighted by Gasteiger charge is 2.39. The number of benzene rings is 6. The molecule has 6 aromatic rings. The number of anilines is 6. The second-order valence-electron chi connectivity index (χ2n) is 14.6. The number of fused-ring (bicyclic) bond motifs is 7. The quantitative estimate of drug-likeness (QED) is 0.187. The maximum absolute atomic E-state index is 14.0. The highest BCUT2D eigenvalue weighted by Crippen LogP contribution is 2.55. The van der Waals surface area contributed by atoms with Crippen molar-refractivity contribution in [1.82, 2.24) is 0 Å². The van der Waals surface area contributed by atoms with Crippen LogP contribution in [0.1, 0.15) is 61.1 Å². The minimum Gasteiger partial charge on any atom is -0.310 e. The van der Waals surface area contributed by atoms with Crippen LogP contribution in [0.4, 0.5) is 34.1 Å². The number of para-hydroxylation sites is 2. The summed E-state index contributed by atoms with van der Waals surface area (Å²) in [6.07, 6.45) is 0. The van der Waals surface area contributed by atoms with Crippen LogP contribution in [0.2, 0.25) is 0 Å². The summed E-state index contributed by atoms with van der Waals surface area (Å²) in [5.74, 6) is 0. The minimum absolute atomic E-state index is 0.137. The summed E-state index contributed by atoms with van der Waals surface area (Å²) in [7, 11) is -1.25. The molecule has 3 aliphatic heterocycles. The minimum atomic E-state index is -1.25. The van der Waals surface area contributed by atoms with Crippen LogP contribution in [0.3, 0.4) is 0 Å². The van der Waals surface area contributed by atoms with Gasteiger partial charge in [0.25, 0.3) is 0 Å². The van der Waals surface area contributed by atoms with E-state index in [1.807, 2.05) is 0 Å². The van der Waals surface area contributed by atoms with E-state index in [4.69, 9.17) is 0 Å². The van der Waals surface area contributed by atoms with Gasteiger partial charge in [0, 0.05) is 33.3 Å². The highest BCUT2D eigenvalue weighted by atomic mass is 32.2. The van der Waals surface area contributed by atoms with E-state index in [0.717, 1.165) is 32.3 Å². The van der Waals surface area contributed by atoms with Gasteiger partial charge in [-0.2, -0.15) is 0 Å². The van der Waals surface area contributed by atoms with Crippen LogP contribution in [-0.4, -0.2) is 4.21 Å². The Hall–Kier alpha value is -4.93. The van der Waals surface area contributed by atoms with Gasteiger partial charge < -0.3 is 9.80 Å². The molecule has 0 radical (unpaired) electrons. The summed E-state index contributed by atoms with van der Waals surface area (Å²) in [4.78, 5) is 6.53. The van der Waals surface area contributed by atoms with Crippen LogP contribution in [-0.2, 0) is 21.6 Å². The van der Waals surface area contributed by atoms with Crippen molar-refractivity contribution in [2.24, 2.45) is 0 Å². The third kappa shape index (κ3) is 3.96. The fraction of sp³-hybridized carbons (Fsp3) is 0.182. The van der Waals surface area contributed by atoms with Crippen molar-refractivity contribution in [2.45, 2.75) is 62.2 Å². The molecule has 3 nitrogen and oxygen atoms in total. The summed E-state index contributed by atoms with van der Waals surface area (Å²) in [5.41, 5.74) is 16.4. The predicted molar refractivity (Wildman–Crippen MR) is 200 cm³/mol. The SMILES string of the molecule is Cc1ccc2c(c1)C(C)(C)c1ccccc1N2c1ccc2c(c1)-c1cc(N3c4ccccc4C(C)(C)c4cc(C)ccc43)ccc1S2=O. The lowest BCUT2D eigenvalue weighted by atomic mass is 9.73. The number of hydrogen-bond acceptors (Lipinski definition) is 3. The highest BCUT2D eigenvalue weighted by molar-refractivity contribution is 7.85. The lowest BCUT2D eigenvalue weighted by Crippen LogP contribution is -2.30. The lowest BCUT2D eigenvalue weighted by molar-refractivity contribution is 0.631. The first kappa shape index (κ1) is 29.2. The molecule has 0 amide bonds. The van der Waals surface area contributed by atoms with Crippen molar-refractivity contribution in [3.63, 3.8) is 0 Å². The largest absolute Gasteiger partial charge is 0.310 e. The lowest BCUT2D eigenvalue weighted by Gasteiger charge is -2.42. The molecule has 3 heterocycles. The first-order chi connectivity index (χ1) is 23.1.